The van der Waals surface area contributed by atoms with Crippen molar-refractivity contribution >= 4 is 11.3 Å². The smallest absolute Gasteiger partial charge is 0.0328 e. The molecule has 2 saturated heterocycles. The fourth-order valence-electron chi connectivity index (χ4n) is 3.61. The second kappa shape index (κ2) is 7.73. The van der Waals surface area contributed by atoms with Gasteiger partial charge in [0.25, 0.3) is 0 Å². The first kappa shape index (κ1) is 15.5. The fraction of sp³-hybridized carbons (Fsp3) is 0.765. The molecule has 1 aromatic rings. The van der Waals surface area contributed by atoms with Crippen LogP contribution in [-0.2, 0) is 13.1 Å². The zero-order valence-electron chi connectivity index (χ0n) is 13.3. The number of nitrogens with one attached hydrogen (secondary N) is 1. The third kappa shape index (κ3) is 4.28. The molecule has 0 saturated carbocycles. The van der Waals surface area contributed by atoms with Crippen molar-refractivity contribution in [3.63, 3.8) is 0 Å². The van der Waals surface area contributed by atoms with Gasteiger partial charge in [0.15, 0.2) is 0 Å². The van der Waals surface area contributed by atoms with Crippen LogP contribution in [0.4, 0.5) is 0 Å². The zero-order chi connectivity index (χ0) is 14.5. The summed E-state index contributed by atoms with van der Waals surface area (Å²) in [4.78, 5) is 8.40. The molecule has 1 unspecified atom stereocenters. The predicted octanol–water partition coefficient (Wildman–Crippen LogP) is 2.92. The van der Waals surface area contributed by atoms with Crippen LogP contribution in [0.2, 0.25) is 0 Å². The Morgan fingerprint density at radius 1 is 1.14 bits per heavy atom. The highest BCUT2D eigenvalue weighted by atomic mass is 32.1. The molecule has 3 heterocycles. The van der Waals surface area contributed by atoms with Crippen molar-refractivity contribution in [3.05, 3.63) is 21.9 Å². The molecular weight excluding hydrogens is 278 g/mol. The maximum atomic E-state index is 3.41. The van der Waals surface area contributed by atoms with Gasteiger partial charge in [0.1, 0.15) is 0 Å². The highest BCUT2D eigenvalue weighted by Gasteiger charge is 2.28. The number of hydrogen-bond acceptors (Lipinski definition) is 4. The Bertz CT molecular complexity index is 425. The third-order valence-electron chi connectivity index (χ3n) is 4.80. The van der Waals surface area contributed by atoms with Crippen LogP contribution in [0, 0.1) is 0 Å². The summed E-state index contributed by atoms with van der Waals surface area (Å²) in [5.41, 5.74) is 0. The van der Waals surface area contributed by atoms with Gasteiger partial charge in [-0.25, -0.2) is 0 Å². The van der Waals surface area contributed by atoms with E-state index in [0.717, 1.165) is 25.7 Å². The minimum atomic E-state index is 0.825. The normalized spacial score (nSPS) is 24.7. The molecule has 1 N–H and O–H groups in total. The first-order valence-corrected chi connectivity index (χ1v) is 9.41. The quantitative estimate of drug-likeness (QED) is 0.872. The van der Waals surface area contributed by atoms with Gasteiger partial charge in [-0.3, -0.25) is 9.80 Å². The molecule has 21 heavy (non-hydrogen) atoms. The molecule has 0 amide bonds. The lowest BCUT2D eigenvalue weighted by atomic mass is 10.1. The number of rotatable bonds is 6. The maximum absolute atomic E-state index is 3.41. The van der Waals surface area contributed by atoms with Crippen molar-refractivity contribution in [2.45, 2.75) is 51.7 Å². The van der Waals surface area contributed by atoms with Crippen molar-refractivity contribution < 1.29 is 0 Å². The first-order chi connectivity index (χ1) is 10.3. The molecule has 3 nitrogen and oxygen atoms in total. The van der Waals surface area contributed by atoms with Gasteiger partial charge in [0, 0.05) is 42.0 Å². The van der Waals surface area contributed by atoms with E-state index in [1.165, 1.54) is 61.6 Å². The van der Waals surface area contributed by atoms with E-state index in [9.17, 15) is 0 Å². The van der Waals surface area contributed by atoms with Crippen molar-refractivity contribution in [2.75, 3.05) is 32.7 Å². The number of thiophene rings is 1. The molecule has 2 aliphatic rings. The van der Waals surface area contributed by atoms with E-state index in [2.05, 4.69) is 34.2 Å². The molecule has 4 heteroatoms. The predicted molar refractivity (Wildman–Crippen MR) is 90.8 cm³/mol. The van der Waals surface area contributed by atoms with Gasteiger partial charge in [-0.1, -0.05) is 13.3 Å². The van der Waals surface area contributed by atoms with E-state index in [1.807, 2.05) is 11.3 Å². The minimum absolute atomic E-state index is 0.825. The van der Waals surface area contributed by atoms with Crippen LogP contribution in [0.15, 0.2) is 12.1 Å². The van der Waals surface area contributed by atoms with Gasteiger partial charge in [0.05, 0.1) is 0 Å². The molecule has 2 fully saturated rings. The van der Waals surface area contributed by atoms with Crippen LogP contribution in [0.5, 0.6) is 0 Å². The van der Waals surface area contributed by atoms with Gasteiger partial charge in [-0.2, -0.15) is 0 Å². The largest absolute Gasteiger partial charge is 0.312 e. The first-order valence-electron chi connectivity index (χ1n) is 8.60. The van der Waals surface area contributed by atoms with Gasteiger partial charge in [-0.15, -0.1) is 11.3 Å². The Morgan fingerprint density at radius 2 is 1.95 bits per heavy atom. The summed E-state index contributed by atoms with van der Waals surface area (Å²) in [6.07, 6.45) is 5.64. The van der Waals surface area contributed by atoms with E-state index in [0.29, 0.717) is 0 Å². The molecule has 2 aliphatic heterocycles. The van der Waals surface area contributed by atoms with E-state index in [4.69, 9.17) is 0 Å². The van der Waals surface area contributed by atoms with E-state index in [1.54, 1.807) is 0 Å². The SMILES string of the molecule is CCNCc1ccc(CN2CCC(N3CCCCC3)C2)s1. The van der Waals surface area contributed by atoms with Crippen LogP contribution >= 0.6 is 11.3 Å². The second-order valence-corrected chi connectivity index (χ2v) is 7.68. The molecule has 118 valence electrons. The van der Waals surface area contributed by atoms with Crippen LogP contribution in [0.3, 0.4) is 0 Å². The Labute approximate surface area is 133 Å². The molecule has 0 aliphatic carbocycles. The van der Waals surface area contributed by atoms with Crippen molar-refractivity contribution in [1.29, 1.82) is 0 Å². The summed E-state index contributed by atoms with van der Waals surface area (Å²) >= 11 is 1.98. The molecule has 3 rings (SSSR count). The molecule has 0 radical (unpaired) electrons. The lowest BCUT2D eigenvalue weighted by molar-refractivity contribution is 0.161. The van der Waals surface area contributed by atoms with E-state index < -0.39 is 0 Å². The van der Waals surface area contributed by atoms with Crippen molar-refractivity contribution in [1.82, 2.24) is 15.1 Å². The van der Waals surface area contributed by atoms with Crippen LogP contribution in [-0.4, -0.2) is 48.6 Å². The highest BCUT2D eigenvalue weighted by molar-refractivity contribution is 7.11. The monoisotopic (exact) mass is 307 g/mol. The Balaban J connectivity index is 1.46. The van der Waals surface area contributed by atoms with Gasteiger partial charge in [0.2, 0.25) is 0 Å². The Kier molecular flexibility index (Phi) is 5.69. The molecule has 1 atom stereocenters. The third-order valence-corrected chi connectivity index (χ3v) is 5.87. The number of nitrogens with zero attached hydrogens (tertiary/aromatic N) is 2. The van der Waals surface area contributed by atoms with Crippen molar-refractivity contribution in [2.24, 2.45) is 0 Å². The summed E-state index contributed by atoms with van der Waals surface area (Å²) < 4.78 is 0. The standard InChI is InChI=1S/C17H29N3S/c1-2-18-12-16-6-7-17(21-16)14-19-11-8-15(13-19)20-9-4-3-5-10-20/h6-7,15,18H,2-5,8-14H2,1H3. The van der Waals surface area contributed by atoms with Gasteiger partial charge in [-0.05, 0) is 51.0 Å². The molecular formula is C17H29N3S. The molecule has 0 bridgehead atoms. The van der Waals surface area contributed by atoms with E-state index in [-0.39, 0.29) is 0 Å². The van der Waals surface area contributed by atoms with E-state index >= 15 is 0 Å². The maximum Gasteiger partial charge on any atom is 0.0328 e. The van der Waals surface area contributed by atoms with Crippen molar-refractivity contribution in [3.8, 4) is 0 Å². The van der Waals surface area contributed by atoms with Crippen LogP contribution in [0.25, 0.3) is 0 Å². The second-order valence-electron chi connectivity index (χ2n) is 6.42. The van der Waals surface area contributed by atoms with Gasteiger partial charge < -0.3 is 5.32 Å². The Morgan fingerprint density at radius 3 is 2.76 bits per heavy atom. The molecule has 1 aromatic heterocycles. The highest BCUT2D eigenvalue weighted by Crippen LogP contribution is 2.24. The fourth-order valence-corrected chi connectivity index (χ4v) is 4.64. The summed E-state index contributed by atoms with van der Waals surface area (Å²) in [6.45, 7) is 10.6. The molecule has 0 spiro atoms. The Hall–Kier alpha value is -0.420. The zero-order valence-corrected chi connectivity index (χ0v) is 14.1. The summed E-state index contributed by atoms with van der Waals surface area (Å²) in [5.74, 6) is 0. The summed E-state index contributed by atoms with van der Waals surface area (Å²) in [5, 5.41) is 3.41. The molecule has 0 aromatic carbocycles. The topological polar surface area (TPSA) is 18.5 Å². The van der Waals surface area contributed by atoms with Crippen LogP contribution < -0.4 is 5.32 Å². The number of likely N-dealkylation sites (tertiary alicyclic amines) is 2. The van der Waals surface area contributed by atoms with Gasteiger partial charge >= 0.3 is 0 Å². The lowest BCUT2D eigenvalue weighted by Gasteiger charge is -2.32. The van der Waals surface area contributed by atoms with Crippen LogP contribution in [0.1, 0.15) is 42.4 Å². The average Bonchev–Trinajstić information content (AvgIpc) is 3.16. The number of piperidine rings is 1. The minimum Gasteiger partial charge on any atom is -0.312 e. The lowest BCUT2D eigenvalue weighted by Crippen LogP contribution is -2.40. The summed E-state index contributed by atoms with van der Waals surface area (Å²) in [6, 6.07) is 5.44. The number of hydrogen-bond donors (Lipinski definition) is 1. The average molecular weight is 308 g/mol. The summed E-state index contributed by atoms with van der Waals surface area (Å²) in [7, 11) is 0.